The Morgan fingerprint density at radius 1 is 1.10 bits per heavy atom. The summed E-state index contributed by atoms with van der Waals surface area (Å²) in [6.45, 7) is 3.90. The fourth-order valence-electron chi connectivity index (χ4n) is 3.38. The normalized spacial score (nSPS) is 12.2. The molecule has 0 radical (unpaired) electrons. The Labute approximate surface area is 168 Å². The van der Waals surface area contributed by atoms with Crippen LogP contribution in [-0.4, -0.2) is 15.9 Å². The number of anilines is 1. The lowest BCUT2D eigenvalue weighted by Crippen LogP contribution is -2.22. The fraction of sp³-hybridized carbons (Fsp3) is 0.208. The van der Waals surface area contributed by atoms with Crippen molar-refractivity contribution < 1.29 is 4.79 Å². The third-order valence-corrected chi connectivity index (χ3v) is 5.29. The molecule has 0 fully saturated rings. The first-order valence-corrected chi connectivity index (χ1v) is 9.85. The molecule has 5 nitrogen and oxygen atoms in total. The maximum atomic E-state index is 12.5. The Morgan fingerprint density at radius 3 is 2.66 bits per heavy atom. The van der Waals surface area contributed by atoms with Crippen LogP contribution in [0.4, 0.5) is 5.82 Å². The fourth-order valence-corrected chi connectivity index (χ4v) is 3.38. The van der Waals surface area contributed by atoms with Crippen LogP contribution < -0.4 is 10.7 Å². The predicted molar refractivity (Wildman–Crippen MR) is 117 cm³/mol. The smallest absolute Gasteiger partial charge is 0.228 e. The van der Waals surface area contributed by atoms with Gasteiger partial charge in [0.25, 0.3) is 0 Å². The van der Waals surface area contributed by atoms with Crippen molar-refractivity contribution in [1.29, 1.82) is 0 Å². The molecule has 1 amide bonds. The van der Waals surface area contributed by atoms with E-state index in [1.165, 1.54) is 0 Å². The summed E-state index contributed by atoms with van der Waals surface area (Å²) in [5.74, 6) is 0.412. The van der Waals surface area contributed by atoms with Crippen LogP contribution in [0.2, 0.25) is 0 Å². The van der Waals surface area contributed by atoms with Gasteiger partial charge < -0.3 is 10.3 Å². The zero-order valence-electron chi connectivity index (χ0n) is 16.5. The van der Waals surface area contributed by atoms with E-state index in [1.54, 1.807) is 12.1 Å². The minimum absolute atomic E-state index is 0.0215. The van der Waals surface area contributed by atoms with Crippen LogP contribution in [-0.2, 0) is 11.2 Å². The molecule has 0 aliphatic heterocycles. The van der Waals surface area contributed by atoms with Gasteiger partial charge >= 0.3 is 0 Å². The van der Waals surface area contributed by atoms with Gasteiger partial charge in [0.05, 0.1) is 16.7 Å². The van der Waals surface area contributed by atoms with Crippen LogP contribution in [0.1, 0.15) is 31.5 Å². The highest BCUT2D eigenvalue weighted by Gasteiger charge is 2.16. The molecule has 1 heterocycles. The van der Waals surface area contributed by atoms with Gasteiger partial charge in [0, 0.05) is 17.7 Å². The zero-order chi connectivity index (χ0) is 20.4. The molecule has 4 rings (SSSR count). The monoisotopic (exact) mass is 385 g/mol. The number of hydrogen-bond acceptors (Lipinski definition) is 3. The quantitative estimate of drug-likeness (QED) is 0.491. The Balaban J connectivity index is 1.88. The summed E-state index contributed by atoms with van der Waals surface area (Å²) in [7, 11) is 0. The summed E-state index contributed by atoms with van der Waals surface area (Å²) in [4.78, 5) is 32.5. The van der Waals surface area contributed by atoms with Gasteiger partial charge in [0.1, 0.15) is 0 Å². The van der Waals surface area contributed by atoms with Crippen molar-refractivity contribution in [3.8, 4) is 0 Å². The average Bonchev–Trinajstić information content (AvgIpc) is 2.74. The topological polar surface area (TPSA) is 74.8 Å². The van der Waals surface area contributed by atoms with E-state index in [-0.39, 0.29) is 17.3 Å². The Kier molecular flexibility index (Phi) is 5.12. The number of rotatable bonds is 5. The third kappa shape index (κ3) is 3.90. The summed E-state index contributed by atoms with van der Waals surface area (Å²) in [5.41, 5.74) is 3.53. The number of aromatic nitrogens is 2. The van der Waals surface area contributed by atoms with Gasteiger partial charge in [-0.15, -0.1) is 0 Å². The summed E-state index contributed by atoms with van der Waals surface area (Å²) in [6.07, 6.45) is 1.37. The van der Waals surface area contributed by atoms with Gasteiger partial charge in [0.2, 0.25) is 5.91 Å². The Hall–Kier alpha value is -3.47. The lowest BCUT2D eigenvalue weighted by molar-refractivity contribution is -0.119. The Morgan fingerprint density at radius 2 is 1.90 bits per heavy atom. The molecule has 4 aromatic rings. The van der Waals surface area contributed by atoms with Gasteiger partial charge in [-0.2, -0.15) is 0 Å². The zero-order valence-corrected chi connectivity index (χ0v) is 16.5. The number of nitrogens with zero attached hydrogens (tertiary/aromatic N) is 1. The van der Waals surface area contributed by atoms with Gasteiger partial charge in [-0.25, -0.2) is 4.98 Å². The van der Waals surface area contributed by atoms with E-state index in [4.69, 9.17) is 4.98 Å². The SMILES string of the molecule is CCC(C)C(=O)Nc1nc2ccc3cc(=O)ccc3c2[nH]c1Cc1ccccc1. The van der Waals surface area contributed by atoms with Gasteiger partial charge in [-0.05, 0) is 41.6 Å². The molecule has 0 spiro atoms. The second kappa shape index (κ2) is 7.87. The second-order valence-corrected chi connectivity index (χ2v) is 7.37. The van der Waals surface area contributed by atoms with E-state index >= 15 is 0 Å². The molecule has 5 heteroatoms. The van der Waals surface area contributed by atoms with Gasteiger partial charge in [-0.3, -0.25) is 9.59 Å². The van der Waals surface area contributed by atoms with Crippen LogP contribution >= 0.6 is 0 Å². The minimum atomic E-state index is -0.0934. The molecule has 3 aromatic carbocycles. The predicted octanol–water partition coefficient (Wildman–Crippen LogP) is 4.65. The minimum Gasteiger partial charge on any atom is -0.353 e. The molecule has 29 heavy (non-hydrogen) atoms. The number of benzene rings is 3. The molecule has 0 saturated heterocycles. The summed E-state index contributed by atoms with van der Waals surface area (Å²) >= 11 is 0. The molecule has 1 unspecified atom stereocenters. The summed E-state index contributed by atoms with van der Waals surface area (Å²) < 4.78 is 0. The van der Waals surface area contributed by atoms with Crippen LogP contribution in [0.25, 0.3) is 21.8 Å². The highest BCUT2D eigenvalue weighted by molar-refractivity contribution is 6.04. The molecule has 0 bridgehead atoms. The number of H-pyrrole nitrogens is 1. The van der Waals surface area contributed by atoms with Gasteiger partial charge in [0.15, 0.2) is 11.2 Å². The molecule has 1 aromatic heterocycles. The van der Waals surface area contributed by atoms with Crippen molar-refractivity contribution >= 4 is 33.5 Å². The highest BCUT2D eigenvalue weighted by atomic mass is 16.2. The summed E-state index contributed by atoms with van der Waals surface area (Å²) in [6, 6.07) is 18.8. The number of fused-ring (bicyclic) bond motifs is 3. The van der Waals surface area contributed by atoms with E-state index in [2.05, 4.69) is 10.3 Å². The Bertz CT molecular complexity index is 1250. The number of hydrogen-bond donors (Lipinski definition) is 2. The van der Waals surface area contributed by atoms with Crippen molar-refractivity contribution in [3.63, 3.8) is 0 Å². The molecular weight excluding hydrogens is 362 g/mol. The van der Waals surface area contributed by atoms with Crippen molar-refractivity contribution in [2.45, 2.75) is 26.7 Å². The largest absolute Gasteiger partial charge is 0.353 e. The van der Waals surface area contributed by atoms with Crippen LogP contribution in [0, 0.1) is 5.92 Å². The molecule has 1 atom stereocenters. The molecule has 146 valence electrons. The van der Waals surface area contributed by atoms with Crippen LogP contribution in [0.15, 0.2) is 65.5 Å². The molecule has 0 saturated carbocycles. The van der Waals surface area contributed by atoms with Crippen molar-refractivity contribution in [2.24, 2.45) is 5.92 Å². The molecular formula is C24H23N3O2. The number of carbonyl (C=O) groups is 1. The average molecular weight is 385 g/mol. The molecule has 2 N–H and O–H groups in total. The maximum absolute atomic E-state index is 12.5. The van der Waals surface area contributed by atoms with E-state index < -0.39 is 0 Å². The number of carbonyl (C=O) groups excluding carboxylic acids is 1. The van der Waals surface area contributed by atoms with Crippen molar-refractivity contribution in [3.05, 3.63) is 82.1 Å². The van der Waals surface area contributed by atoms with E-state index in [0.29, 0.717) is 12.2 Å². The first-order valence-electron chi connectivity index (χ1n) is 9.85. The standard InChI is InChI=1S/C24H23N3O2/c1-3-15(2)24(29)27-23-21(13-16-7-5-4-6-8-16)25-22-19-11-10-18(28)14-17(19)9-12-20(22)26-23/h4-12,14-15,25H,3,13H2,1-2H3,(H,27,29). The lowest BCUT2D eigenvalue weighted by atomic mass is 10.1. The van der Waals surface area contributed by atoms with Crippen molar-refractivity contribution in [2.75, 3.05) is 5.32 Å². The lowest BCUT2D eigenvalue weighted by Gasteiger charge is -2.15. The maximum Gasteiger partial charge on any atom is 0.228 e. The number of nitrogens with one attached hydrogen (secondary N) is 2. The summed E-state index contributed by atoms with van der Waals surface area (Å²) in [5, 5.41) is 4.80. The highest BCUT2D eigenvalue weighted by Crippen LogP contribution is 2.26. The molecule has 0 aliphatic rings. The first-order chi connectivity index (χ1) is 14.0. The van der Waals surface area contributed by atoms with Gasteiger partial charge in [-0.1, -0.05) is 50.2 Å². The van der Waals surface area contributed by atoms with E-state index in [9.17, 15) is 9.59 Å². The molecule has 0 aliphatic carbocycles. The van der Waals surface area contributed by atoms with E-state index in [1.807, 2.05) is 62.4 Å². The first kappa shape index (κ1) is 18.9. The van der Waals surface area contributed by atoms with Crippen LogP contribution in [0.5, 0.6) is 0 Å². The third-order valence-electron chi connectivity index (χ3n) is 5.29. The van der Waals surface area contributed by atoms with Crippen LogP contribution in [0.3, 0.4) is 0 Å². The van der Waals surface area contributed by atoms with E-state index in [0.717, 1.165) is 39.5 Å². The number of aromatic amines is 1. The van der Waals surface area contributed by atoms with Crippen molar-refractivity contribution in [1.82, 2.24) is 9.97 Å². The number of amides is 1. The second-order valence-electron chi connectivity index (χ2n) is 7.37.